The molecule has 0 spiro atoms. The van der Waals surface area contributed by atoms with E-state index in [9.17, 15) is 18.3 Å². The van der Waals surface area contributed by atoms with E-state index in [1.807, 2.05) is 0 Å². The number of benzene rings is 1. The van der Waals surface area contributed by atoms with Crippen molar-refractivity contribution in [3.8, 4) is 0 Å². The lowest BCUT2D eigenvalue weighted by Crippen LogP contribution is -2.51. The summed E-state index contributed by atoms with van der Waals surface area (Å²) < 4.78 is 39.3. The quantitative estimate of drug-likeness (QED) is 0.853. The highest BCUT2D eigenvalue weighted by atomic mass is 79.9. The maximum atomic E-state index is 13.0. The lowest BCUT2D eigenvalue weighted by molar-refractivity contribution is -0.137. The number of hydrogen-bond acceptors (Lipinski definition) is 2. The Labute approximate surface area is 119 Å². The van der Waals surface area contributed by atoms with E-state index in [1.165, 1.54) is 12.1 Å². The normalized spacial score (nSPS) is 13.5. The van der Waals surface area contributed by atoms with Gasteiger partial charge in [0.15, 0.2) is 0 Å². The topological polar surface area (TPSA) is 32.3 Å². The number of rotatable bonds is 3. The first-order valence-electron chi connectivity index (χ1n) is 5.72. The first-order valence-corrected chi connectivity index (χ1v) is 6.51. The Morgan fingerprint density at radius 2 is 1.63 bits per heavy atom. The highest BCUT2D eigenvalue weighted by Gasteiger charge is 2.39. The van der Waals surface area contributed by atoms with Crippen molar-refractivity contribution in [2.75, 3.05) is 5.32 Å². The Morgan fingerprint density at radius 1 is 1.11 bits per heavy atom. The zero-order chi connectivity index (χ0) is 15.1. The van der Waals surface area contributed by atoms with E-state index in [0.717, 1.165) is 6.07 Å². The van der Waals surface area contributed by atoms with Crippen molar-refractivity contribution in [2.24, 2.45) is 0 Å². The summed E-state index contributed by atoms with van der Waals surface area (Å²) in [5, 5.41) is 12.8. The van der Waals surface area contributed by atoms with E-state index < -0.39 is 22.9 Å². The molecule has 1 rings (SSSR count). The molecule has 6 heteroatoms. The lowest BCUT2D eigenvalue weighted by atomic mass is 9.85. The minimum absolute atomic E-state index is 0.0529. The summed E-state index contributed by atoms with van der Waals surface area (Å²) in [6.45, 7) is 6.39. The third-order valence-corrected chi connectivity index (χ3v) is 3.76. The Balaban J connectivity index is 3.23. The zero-order valence-corrected chi connectivity index (χ0v) is 12.8. The van der Waals surface area contributed by atoms with E-state index >= 15 is 0 Å². The fourth-order valence-electron chi connectivity index (χ4n) is 1.35. The Bertz CT molecular complexity index is 464. The summed E-state index contributed by atoms with van der Waals surface area (Å²) in [4.78, 5) is 0. The molecule has 0 radical (unpaired) electrons. The molecule has 0 atom stereocenters. The minimum Gasteiger partial charge on any atom is -0.388 e. The standard InChI is InChI=1S/C13H17BrF3NO/c1-11(2,12(3,4)19)18-10-6-5-8(14)7-9(10)13(15,16)17/h5-7,18-19H,1-4H3. The monoisotopic (exact) mass is 339 g/mol. The summed E-state index contributed by atoms with van der Waals surface area (Å²) in [5.41, 5.74) is -2.91. The summed E-state index contributed by atoms with van der Waals surface area (Å²) in [7, 11) is 0. The summed E-state index contributed by atoms with van der Waals surface area (Å²) in [6, 6.07) is 3.89. The van der Waals surface area contributed by atoms with Crippen LogP contribution in [0.4, 0.5) is 18.9 Å². The van der Waals surface area contributed by atoms with Crippen molar-refractivity contribution in [2.45, 2.75) is 45.0 Å². The molecule has 0 aromatic heterocycles. The van der Waals surface area contributed by atoms with Gasteiger partial charge in [0.2, 0.25) is 0 Å². The van der Waals surface area contributed by atoms with Crippen LogP contribution in [0.1, 0.15) is 33.3 Å². The lowest BCUT2D eigenvalue weighted by Gasteiger charge is -2.39. The zero-order valence-electron chi connectivity index (χ0n) is 11.2. The van der Waals surface area contributed by atoms with Gasteiger partial charge in [-0.05, 0) is 45.9 Å². The Hall–Kier alpha value is -0.750. The fraction of sp³-hybridized carbons (Fsp3) is 0.538. The third-order valence-electron chi connectivity index (χ3n) is 3.26. The van der Waals surface area contributed by atoms with Crippen LogP contribution in [0, 0.1) is 0 Å². The van der Waals surface area contributed by atoms with Crippen LogP contribution in [0.2, 0.25) is 0 Å². The molecule has 0 aliphatic carbocycles. The smallest absolute Gasteiger partial charge is 0.388 e. The largest absolute Gasteiger partial charge is 0.418 e. The van der Waals surface area contributed by atoms with Gasteiger partial charge in [0.25, 0.3) is 0 Å². The van der Waals surface area contributed by atoms with Crippen LogP contribution in [0.5, 0.6) is 0 Å². The number of hydrogen-bond donors (Lipinski definition) is 2. The number of halogens is 4. The second-order valence-corrected chi connectivity index (χ2v) is 6.41. The van der Waals surface area contributed by atoms with E-state index in [4.69, 9.17) is 0 Å². The number of alkyl halides is 3. The second kappa shape index (κ2) is 4.98. The predicted molar refractivity (Wildman–Crippen MR) is 73.1 cm³/mol. The van der Waals surface area contributed by atoms with Gasteiger partial charge < -0.3 is 10.4 Å². The Kier molecular flexibility index (Phi) is 4.27. The molecule has 0 saturated carbocycles. The molecule has 108 valence electrons. The highest BCUT2D eigenvalue weighted by Crippen LogP contribution is 2.38. The minimum atomic E-state index is -4.46. The van der Waals surface area contributed by atoms with Gasteiger partial charge >= 0.3 is 6.18 Å². The van der Waals surface area contributed by atoms with Crippen molar-refractivity contribution in [3.63, 3.8) is 0 Å². The Morgan fingerprint density at radius 3 is 2.05 bits per heavy atom. The average molecular weight is 340 g/mol. The van der Waals surface area contributed by atoms with Crippen molar-refractivity contribution in [1.82, 2.24) is 0 Å². The van der Waals surface area contributed by atoms with Crippen LogP contribution < -0.4 is 5.32 Å². The van der Waals surface area contributed by atoms with Crippen LogP contribution in [0.3, 0.4) is 0 Å². The second-order valence-electron chi connectivity index (χ2n) is 5.50. The highest BCUT2D eigenvalue weighted by molar-refractivity contribution is 9.10. The van der Waals surface area contributed by atoms with E-state index in [1.54, 1.807) is 27.7 Å². The molecule has 0 amide bonds. The SMILES string of the molecule is CC(C)(O)C(C)(C)Nc1ccc(Br)cc1C(F)(F)F. The molecule has 19 heavy (non-hydrogen) atoms. The van der Waals surface area contributed by atoms with Crippen LogP contribution in [0.25, 0.3) is 0 Å². The molecule has 1 aromatic rings. The van der Waals surface area contributed by atoms with Crippen LogP contribution in [-0.4, -0.2) is 16.2 Å². The van der Waals surface area contributed by atoms with Gasteiger partial charge in [-0.25, -0.2) is 0 Å². The maximum absolute atomic E-state index is 13.0. The molecule has 2 N–H and O–H groups in total. The first-order chi connectivity index (χ1) is 8.34. The van der Waals surface area contributed by atoms with Crippen LogP contribution in [0.15, 0.2) is 22.7 Å². The van der Waals surface area contributed by atoms with Gasteiger partial charge in [0.05, 0.1) is 16.7 Å². The summed E-state index contributed by atoms with van der Waals surface area (Å²) in [6.07, 6.45) is -4.46. The molecule has 0 bridgehead atoms. The molecular formula is C13H17BrF3NO. The molecule has 0 fully saturated rings. The van der Waals surface area contributed by atoms with Crippen molar-refractivity contribution in [3.05, 3.63) is 28.2 Å². The average Bonchev–Trinajstić information content (AvgIpc) is 2.17. The maximum Gasteiger partial charge on any atom is 0.418 e. The van der Waals surface area contributed by atoms with Crippen molar-refractivity contribution >= 4 is 21.6 Å². The molecule has 2 nitrogen and oxygen atoms in total. The molecule has 0 aliphatic rings. The van der Waals surface area contributed by atoms with Gasteiger partial charge in [-0.15, -0.1) is 0 Å². The van der Waals surface area contributed by atoms with E-state index in [2.05, 4.69) is 21.2 Å². The number of nitrogens with one attached hydrogen (secondary N) is 1. The third kappa shape index (κ3) is 3.86. The molecular weight excluding hydrogens is 323 g/mol. The molecule has 0 saturated heterocycles. The van der Waals surface area contributed by atoms with Gasteiger partial charge in [-0.1, -0.05) is 15.9 Å². The summed E-state index contributed by atoms with van der Waals surface area (Å²) >= 11 is 3.03. The molecule has 1 aromatic carbocycles. The summed E-state index contributed by atoms with van der Waals surface area (Å²) in [5.74, 6) is 0. The predicted octanol–water partition coefficient (Wildman–Crippen LogP) is 4.43. The number of aliphatic hydroxyl groups is 1. The molecule has 0 heterocycles. The van der Waals surface area contributed by atoms with Crippen molar-refractivity contribution < 1.29 is 18.3 Å². The molecule has 0 unspecified atom stereocenters. The van der Waals surface area contributed by atoms with Gasteiger partial charge in [-0.2, -0.15) is 13.2 Å². The van der Waals surface area contributed by atoms with Crippen molar-refractivity contribution in [1.29, 1.82) is 0 Å². The van der Waals surface area contributed by atoms with E-state index in [0.29, 0.717) is 4.47 Å². The van der Waals surface area contributed by atoms with Crippen LogP contribution >= 0.6 is 15.9 Å². The van der Waals surface area contributed by atoms with E-state index in [-0.39, 0.29) is 5.69 Å². The number of anilines is 1. The van der Waals surface area contributed by atoms with Gasteiger partial charge in [0.1, 0.15) is 0 Å². The molecule has 0 aliphatic heterocycles. The first kappa shape index (κ1) is 16.3. The van der Waals surface area contributed by atoms with Gasteiger partial charge in [-0.3, -0.25) is 0 Å². The van der Waals surface area contributed by atoms with Gasteiger partial charge in [0, 0.05) is 10.2 Å². The van der Waals surface area contributed by atoms with Crippen LogP contribution in [-0.2, 0) is 6.18 Å². The fourth-order valence-corrected chi connectivity index (χ4v) is 1.71.